The van der Waals surface area contributed by atoms with Gasteiger partial charge >= 0.3 is 11.9 Å². The normalized spacial score (nSPS) is 25.2. The van der Waals surface area contributed by atoms with Gasteiger partial charge in [-0.2, -0.15) is 0 Å². The molecule has 0 bridgehead atoms. The Morgan fingerprint density at radius 3 is 1.33 bits per heavy atom. The van der Waals surface area contributed by atoms with Crippen LogP contribution in [0.25, 0.3) is 0 Å². The number of unbranched alkanes of at least 4 members (excludes halogenated alkanes) is 25. The molecule has 0 radical (unpaired) electrons. The van der Waals surface area contributed by atoms with Crippen LogP contribution in [-0.4, -0.2) is 142 Å². The van der Waals surface area contributed by atoms with Crippen molar-refractivity contribution in [3.8, 4) is 0 Å². The van der Waals surface area contributed by atoms with Crippen molar-refractivity contribution >= 4 is 11.9 Å². The van der Waals surface area contributed by atoms with Crippen molar-refractivity contribution in [1.82, 2.24) is 0 Å². The Labute approximate surface area is 434 Å². The first-order valence-corrected chi connectivity index (χ1v) is 28.6. The molecule has 15 nitrogen and oxygen atoms in total. The number of hydrogen-bond donors (Lipinski definition) is 7. The van der Waals surface area contributed by atoms with Crippen LogP contribution in [0.15, 0.2) is 36.5 Å². The summed E-state index contributed by atoms with van der Waals surface area (Å²) < 4.78 is 33.7. The van der Waals surface area contributed by atoms with E-state index < -0.39 is 92.7 Å². The summed E-state index contributed by atoms with van der Waals surface area (Å²) in [7, 11) is 0. The summed E-state index contributed by atoms with van der Waals surface area (Å²) in [6.45, 7) is 2.58. The lowest BCUT2D eigenvalue weighted by molar-refractivity contribution is -0.332. The van der Waals surface area contributed by atoms with Crippen LogP contribution in [0.5, 0.6) is 0 Å². The predicted molar refractivity (Wildman–Crippen MR) is 280 cm³/mol. The Bertz CT molecular complexity index is 1390. The van der Waals surface area contributed by atoms with E-state index in [0.717, 1.165) is 64.2 Å². The molecule has 2 fully saturated rings. The van der Waals surface area contributed by atoms with E-state index >= 15 is 0 Å². The van der Waals surface area contributed by atoms with E-state index in [2.05, 4.69) is 50.3 Å². The van der Waals surface area contributed by atoms with Gasteiger partial charge in [0.1, 0.15) is 55.4 Å². The van der Waals surface area contributed by atoms with Gasteiger partial charge in [-0.05, 0) is 70.6 Å². The van der Waals surface area contributed by atoms with Gasteiger partial charge in [0, 0.05) is 12.8 Å². The summed E-state index contributed by atoms with van der Waals surface area (Å²) in [5.41, 5.74) is 0. The van der Waals surface area contributed by atoms with Crippen molar-refractivity contribution < 1.29 is 73.8 Å². The minimum atomic E-state index is -1.77. The van der Waals surface area contributed by atoms with Crippen molar-refractivity contribution in [3.63, 3.8) is 0 Å². The van der Waals surface area contributed by atoms with Crippen LogP contribution in [0.4, 0.5) is 0 Å². The Morgan fingerprint density at radius 1 is 0.444 bits per heavy atom. The van der Waals surface area contributed by atoms with Crippen LogP contribution in [0.3, 0.4) is 0 Å². The minimum Gasteiger partial charge on any atom is -0.462 e. The number of hydrogen-bond acceptors (Lipinski definition) is 15. The molecule has 2 saturated heterocycles. The van der Waals surface area contributed by atoms with Crippen molar-refractivity contribution in [1.29, 1.82) is 0 Å². The largest absolute Gasteiger partial charge is 0.462 e. The van der Waals surface area contributed by atoms with Gasteiger partial charge in [0.05, 0.1) is 19.8 Å². The Hall–Kier alpha value is -2.28. The molecule has 2 aliphatic heterocycles. The van der Waals surface area contributed by atoms with Crippen LogP contribution in [-0.2, 0) is 38.0 Å². The summed E-state index contributed by atoms with van der Waals surface area (Å²) in [4.78, 5) is 25.9. The van der Waals surface area contributed by atoms with E-state index in [1.54, 1.807) is 0 Å². The number of allylic oxidation sites excluding steroid dienone is 6. The maximum atomic E-state index is 13.1. The van der Waals surface area contributed by atoms with Crippen LogP contribution < -0.4 is 0 Å². The molecule has 0 aromatic heterocycles. The smallest absolute Gasteiger partial charge is 0.306 e. The summed E-state index contributed by atoms with van der Waals surface area (Å²) in [6, 6.07) is 0. The second-order valence-corrected chi connectivity index (χ2v) is 20.1. The first-order chi connectivity index (χ1) is 35.0. The monoisotopic (exact) mass is 1030 g/mol. The van der Waals surface area contributed by atoms with Gasteiger partial charge in [-0.15, -0.1) is 0 Å². The summed E-state index contributed by atoms with van der Waals surface area (Å²) in [5.74, 6) is -0.930. The first-order valence-electron chi connectivity index (χ1n) is 28.6. The molecular weight excluding hydrogens is 925 g/mol. The van der Waals surface area contributed by atoms with Gasteiger partial charge in [0.25, 0.3) is 0 Å². The minimum absolute atomic E-state index is 0.162. The average Bonchev–Trinajstić information content (AvgIpc) is 3.37. The lowest BCUT2D eigenvalue weighted by atomic mass is 9.98. The number of ether oxygens (including phenoxy) is 6. The summed E-state index contributed by atoms with van der Waals surface area (Å²) in [5, 5.41) is 72.2. The lowest BCUT2D eigenvalue weighted by Crippen LogP contribution is -2.61. The number of aliphatic hydroxyl groups excluding tert-OH is 7. The molecule has 2 aliphatic rings. The molecule has 0 aromatic carbocycles. The summed E-state index contributed by atoms with van der Waals surface area (Å²) in [6.07, 6.45) is 31.6. The van der Waals surface area contributed by atoms with Crippen molar-refractivity contribution in [2.45, 2.75) is 287 Å². The molecule has 0 aliphatic carbocycles. The second-order valence-electron chi connectivity index (χ2n) is 20.1. The molecule has 2 heterocycles. The van der Waals surface area contributed by atoms with Crippen molar-refractivity contribution in [3.05, 3.63) is 36.5 Å². The molecule has 15 heteroatoms. The van der Waals surface area contributed by atoms with Crippen LogP contribution in [0, 0.1) is 0 Å². The molecule has 11 atom stereocenters. The quantitative estimate of drug-likeness (QED) is 0.0171. The summed E-state index contributed by atoms with van der Waals surface area (Å²) >= 11 is 0. The van der Waals surface area contributed by atoms with E-state index in [9.17, 15) is 45.3 Å². The van der Waals surface area contributed by atoms with Crippen LogP contribution >= 0.6 is 0 Å². The van der Waals surface area contributed by atoms with E-state index in [4.69, 9.17) is 28.4 Å². The molecule has 7 N–H and O–H groups in total. The van der Waals surface area contributed by atoms with Crippen LogP contribution in [0.2, 0.25) is 0 Å². The van der Waals surface area contributed by atoms with E-state index in [1.165, 1.54) is 116 Å². The Balaban J connectivity index is 1.77. The van der Waals surface area contributed by atoms with Crippen LogP contribution in [0.1, 0.15) is 219 Å². The number of rotatable bonds is 45. The third kappa shape index (κ3) is 30.9. The molecule has 0 spiro atoms. The number of carbonyl (C=O) groups excluding carboxylic acids is 2. The molecule has 72 heavy (non-hydrogen) atoms. The molecule has 2 rings (SSSR count). The zero-order valence-electron chi connectivity index (χ0n) is 44.7. The highest BCUT2D eigenvalue weighted by molar-refractivity contribution is 5.70. The third-order valence-electron chi connectivity index (χ3n) is 13.6. The molecular formula is C57H102O15. The molecule has 0 aromatic rings. The van der Waals surface area contributed by atoms with Gasteiger partial charge in [-0.1, -0.05) is 172 Å². The van der Waals surface area contributed by atoms with E-state index in [1.807, 2.05) is 0 Å². The second kappa shape index (κ2) is 43.9. The van der Waals surface area contributed by atoms with Gasteiger partial charge < -0.3 is 64.2 Å². The fraction of sp³-hybridized carbons (Fsp3) is 0.860. The zero-order chi connectivity index (χ0) is 52.4. The van der Waals surface area contributed by atoms with Gasteiger partial charge in [-0.25, -0.2) is 0 Å². The van der Waals surface area contributed by atoms with Gasteiger partial charge in [0.2, 0.25) is 0 Å². The SMILES string of the molecule is CCCCC/C=C/C/C=C/CCCCCCCCCC(=O)OC[C@H](CO[C@H]1O[C@@H](CO[C@H]2O[C@@H](CO)[C@@H](O)C(O)C2O)[C@@H](O)C(O)C1O)OC(=O)CCCCCCCCCCC/C=C/CCCCCCCC. The number of carbonyl (C=O) groups is 2. The highest BCUT2D eigenvalue weighted by Gasteiger charge is 2.47. The number of aliphatic hydroxyl groups is 7. The maximum Gasteiger partial charge on any atom is 0.306 e. The first kappa shape index (κ1) is 65.8. The zero-order valence-corrected chi connectivity index (χ0v) is 44.7. The number of esters is 2. The molecule has 4 unspecified atom stereocenters. The van der Waals surface area contributed by atoms with Crippen molar-refractivity contribution in [2.24, 2.45) is 0 Å². The molecule has 0 amide bonds. The van der Waals surface area contributed by atoms with E-state index in [0.29, 0.717) is 12.8 Å². The van der Waals surface area contributed by atoms with E-state index in [-0.39, 0.29) is 26.1 Å². The molecule has 420 valence electrons. The van der Waals surface area contributed by atoms with Gasteiger partial charge in [-0.3, -0.25) is 9.59 Å². The fourth-order valence-electron chi connectivity index (χ4n) is 8.89. The highest BCUT2D eigenvalue weighted by atomic mass is 16.7. The predicted octanol–water partition coefficient (Wildman–Crippen LogP) is 9.27. The highest BCUT2D eigenvalue weighted by Crippen LogP contribution is 2.27. The topological polar surface area (TPSA) is 231 Å². The maximum absolute atomic E-state index is 13.1. The lowest BCUT2D eigenvalue weighted by Gasteiger charge is -2.42. The standard InChI is InChI=1S/C57H102O15/c1-3-5-7-9-11-13-15-17-19-21-22-24-26-28-30-32-34-36-38-40-49(60)70-45(42-67-48(59)39-37-35-33-31-29-27-25-23-20-18-16-14-12-10-8-6-4-2)43-68-56-55(66)53(64)51(62)47(72-56)44-69-57-54(65)52(63)50(61)46(41-58)71-57/h12,14,17-20,45-47,50-58,61-66H,3-11,13,15-16,21-44H2,1-2H3/b14-12+,19-17+,20-18+/t45-,46+,47+,50-,51-,52?,53?,54?,55?,56+,57+/m1/s1. The van der Waals surface area contributed by atoms with Crippen molar-refractivity contribution in [2.75, 3.05) is 26.4 Å². The van der Waals surface area contributed by atoms with Gasteiger partial charge in [0.15, 0.2) is 18.7 Å². The Kier molecular flexibility index (Phi) is 40.1. The third-order valence-corrected chi connectivity index (χ3v) is 13.6. The Morgan fingerprint density at radius 2 is 0.833 bits per heavy atom. The fourth-order valence-corrected chi connectivity index (χ4v) is 8.89. The molecule has 0 saturated carbocycles. The average molecular weight is 1030 g/mol.